The van der Waals surface area contributed by atoms with E-state index < -0.39 is 0 Å². The number of ether oxygens (including phenoxy) is 1. The molecule has 0 spiro atoms. The zero-order chi connectivity index (χ0) is 13.7. The van der Waals surface area contributed by atoms with Crippen molar-refractivity contribution in [3.05, 3.63) is 29.3 Å². The van der Waals surface area contributed by atoms with Gasteiger partial charge in [0.05, 0.1) is 5.02 Å². The van der Waals surface area contributed by atoms with E-state index in [0.29, 0.717) is 11.6 Å². The summed E-state index contributed by atoms with van der Waals surface area (Å²) in [6.07, 6.45) is 2.24. The highest BCUT2D eigenvalue weighted by Crippen LogP contribution is 2.28. The molecule has 0 saturated carbocycles. The third-order valence-corrected chi connectivity index (χ3v) is 4.06. The monoisotopic (exact) mass is 283 g/mol. The number of halogens is 1. The Morgan fingerprint density at radius 3 is 2.95 bits per heavy atom. The van der Waals surface area contributed by atoms with E-state index in [-0.39, 0.29) is 12.0 Å². The van der Waals surface area contributed by atoms with Gasteiger partial charge in [-0.05, 0) is 31.5 Å². The Bertz CT molecular complexity index is 413. The SMILES string of the molecule is CC1(CO)CCCN(CCOc2ccccc2Cl)C1. The molecule has 106 valence electrons. The summed E-state index contributed by atoms with van der Waals surface area (Å²) in [6.45, 7) is 5.94. The number of nitrogens with zero attached hydrogens (tertiary/aromatic N) is 1. The van der Waals surface area contributed by atoms with Crippen molar-refractivity contribution in [2.24, 2.45) is 5.41 Å². The molecule has 0 bridgehead atoms. The van der Waals surface area contributed by atoms with Gasteiger partial charge in [-0.3, -0.25) is 4.90 Å². The second-order valence-corrected chi connectivity index (χ2v) is 6.03. The molecule has 0 amide bonds. The van der Waals surface area contributed by atoms with Gasteiger partial charge in [0.15, 0.2) is 0 Å². The molecular formula is C15H22ClNO2. The summed E-state index contributed by atoms with van der Waals surface area (Å²) in [7, 11) is 0. The molecule has 3 nitrogen and oxygen atoms in total. The third kappa shape index (κ3) is 4.10. The molecule has 1 unspecified atom stereocenters. The molecule has 1 aromatic rings. The molecule has 0 aromatic heterocycles. The lowest BCUT2D eigenvalue weighted by molar-refractivity contribution is 0.0406. The van der Waals surface area contributed by atoms with Crippen molar-refractivity contribution in [1.29, 1.82) is 0 Å². The van der Waals surface area contributed by atoms with Gasteiger partial charge in [0.25, 0.3) is 0 Å². The lowest BCUT2D eigenvalue weighted by atomic mass is 9.83. The maximum atomic E-state index is 9.43. The van der Waals surface area contributed by atoms with Crippen LogP contribution in [0.5, 0.6) is 5.75 Å². The molecule has 2 rings (SSSR count). The van der Waals surface area contributed by atoms with Crippen molar-refractivity contribution in [1.82, 2.24) is 4.90 Å². The van der Waals surface area contributed by atoms with E-state index in [1.807, 2.05) is 24.3 Å². The maximum absolute atomic E-state index is 9.43. The van der Waals surface area contributed by atoms with Gasteiger partial charge in [0, 0.05) is 25.1 Å². The van der Waals surface area contributed by atoms with Crippen LogP contribution in [-0.2, 0) is 0 Å². The highest BCUT2D eigenvalue weighted by Gasteiger charge is 2.29. The minimum atomic E-state index is 0.0443. The van der Waals surface area contributed by atoms with Gasteiger partial charge in [0.1, 0.15) is 12.4 Å². The van der Waals surface area contributed by atoms with Crippen LogP contribution in [0.15, 0.2) is 24.3 Å². The predicted octanol–water partition coefficient (Wildman–Crippen LogP) is 2.81. The average Bonchev–Trinajstić information content (AvgIpc) is 2.41. The summed E-state index contributed by atoms with van der Waals surface area (Å²) in [5.74, 6) is 0.742. The number of aliphatic hydroxyl groups is 1. The van der Waals surface area contributed by atoms with E-state index in [4.69, 9.17) is 16.3 Å². The molecule has 1 heterocycles. The van der Waals surface area contributed by atoms with Crippen molar-refractivity contribution >= 4 is 11.6 Å². The molecule has 0 aliphatic carbocycles. The summed E-state index contributed by atoms with van der Waals surface area (Å²) >= 11 is 6.04. The van der Waals surface area contributed by atoms with E-state index in [0.717, 1.165) is 38.2 Å². The van der Waals surface area contributed by atoms with Crippen LogP contribution >= 0.6 is 11.6 Å². The van der Waals surface area contributed by atoms with Crippen LogP contribution in [0.2, 0.25) is 5.02 Å². The number of benzene rings is 1. The van der Waals surface area contributed by atoms with Crippen LogP contribution < -0.4 is 4.74 Å². The van der Waals surface area contributed by atoms with Crippen molar-refractivity contribution in [2.45, 2.75) is 19.8 Å². The molecule has 1 aromatic carbocycles. The predicted molar refractivity (Wildman–Crippen MR) is 77.8 cm³/mol. The summed E-state index contributed by atoms with van der Waals surface area (Å²) in [4.78, 5) is 2.36. The number of piperidine rings is 1. The average molecular weight is 284 g/mol. The maximum Gasteiger partial charge on any atom is 0.137 e. The first kappa shape index (κ1) is 14.6. The van der Waals surface area contributed by atoms with Crippen molar-refractivity contribution in [3.8, 4) is 5.75 Å². The van der Waals surface area contributed by atoms with Crippen LogP contribution in [-0.4, -0.2) is 42.9 Å². The van der Waals surface area contributed by atoms with Gasteiger partial charge >= 0.3 is 0 Å². The van der Waals surface area contributed by atoms with Gasteiger partial charge in [0.2, 0.25) is 0 Å². The third-order valence-electron chi connectivity index (χ3n) is 3.74. The second-order valence-electron chi connectivity index (χ2n) is 5.63. The van der Waals surface area contributed by atoms with E-state index >= 15 is 0 Å². The molecule has 1 atom stereocenters. The normalized spacial score (nSPS) is 24.4. The minimum Gasteiger partial charge on any atom is -0.491 e. The van der Waals surface area contributed by atoms with Crippen LogP contribution in [0.25, 0.3) is 0 Å². The van der Waals surface area contributed by atoms with E-state index in [2.05, 4.69) is 11.8 Å². The van der Waals surface area contributed by atoms with Gasteiger partial charge in [-0.2, -0.15) is 0 Å². The Morgan fingerprint density at radius 2 is 2.21 bits per heavy atom. The molecule has 4 heteroatoms. The van der Waals surface area contributed by atoms with Crippen LogP contribution in [0.4, 0.5) is 0 Å². The largest absolute Gasteiger partial charge is 0.491 e. The number of rotatable bonds is 5. The topological polar surface area (TPSA) is 32.7 Å². The standard InChI is InChI=1S/C15H22ClNO2/c1-15(12-18)7-4-8-17(11-15)9-10-19-14-6-3-2-5-13(14)16/h2-3,5-6,18H,4,7-12H2,1H3. The molecule has 1 aliphatic rings. The Hall–Kier alpha value is -0.770. The quantitative estimate of drug-likeness (QED) is 0.902. The van der Waals surface area contributed by atoms with Gasteiger partial charge in [-0.25, -0.2) is 0 Å². The van der Waals surface area contributed by atoms with Gasteiger partial charge in [-0.1, -0.05) is 30.7 Å². The molecule has 1 N–H and O–H groups in total. The van der Waals surface area contributed by atoms with Crippen molar-refractivity contribution in [2.75, 3.05) is 32.8 Å². The first-order valence-corrected chi connectivity index (χ1v) is 7.21. The Labute approximate surface area is 120 Å². The van der Waals surface area contributed by atoms with E-state index in [1.165, 1.54) is 0 Å². The van der Waals surface area contributed by atoms with E-state index in [9.17, 15) is 5.11 Å². The first-order valence-electron chi connectivity index (χ1n) is 6.83. The zero-order valence-corrected chi connectivity index (χ0v) is 12.2. The Balaban J connectivity index is 1.78. The van der Waals surface area contributed by atoms with Crippen LogP contribution in [0.1, 0.15) is 19.8 Å². The highest BCUT2D eigenvalue weighted by atomic mass is 35.5. The smallest absolute Gasteiger partial charge is 0.137 e. The van der Waals surface area contributed by atoms with Gasteiger partial charge < -0.3 is 9.84 Å². The fourth-order valence-corrected chi connectivity index (χ4v) is 2.78. The minimum absolute atomic E-state index is 0.0443. The molecule has 0 radical (unpaired) electrons. The lowest BCUT2D eigenvalue weighted by Gasteiger charge is -2.39. The molecule has 1 saturated heterocycles. The summed E-state index contributed by atoms with van der Waals surface area (Å²) in [5, 5.41) is 10.1. The fourth-order valence-electron chi connectivity index (χ4n) is 2.59. The summed E-state index contributed by atoms with van der Waals surface area (Å²) < 4.78 is 5.71. The number of para-hydroxylation sites is 1. The van der Waals surface area contributed by atoms with E-state index in [1.54, 1.807) is 0 Å². The molecule has 19 heavy (non-hydrogen) atoms. The lowest BCUT2D eigenvalue weighted by Crippen LogP contribution is -2.45. The molecular weight excluding hydrogens is 262 g/mol. The van der Waals surface area contributed by atoms with Crippen LogP contribution in [0, 0.1) is 5.41 Å². The molecule has 1 fully saturated rings. The summed E-state index contributed by atoms with van der Waals surface area (Å²) in [6, 6.07) is 7.54. The number of hydrogen-bond acceptors (Lipinski definition) is 3. The number of hydrogen-bond donors (Lipinski definition) is 1. The van der Waals surface area contributed by atoms with Crippen LogP contribution in [0.3, 0.4) is 0 Å². The molecule has 1 aliphatic heterocycles. The Kier molecular flexibility index (Phi) is 5.08. The zero-order valence-electron chi connectivity index (χ0n) is 11.4. The Morgan fingerprint density at radius 1 is 1.42 bits per heavy atom. The van der Waals surface area contributed by atoms with Crippen molar-refractivity contribution < 1.29 is 9.84 Å². The highest BCUT2D eigenvalue weighted by molar-refractivity contribution is 6.32. The number of likely N-dealkylation sites (tertiary alicyclic amines) is 1. The first-order chi connectivity index (χ1) is 9.13. The second kappa shape index (κ2) is 6.60. The fraction of sp³-hybridized carbons (Fsp3) is 0.600. The van der Waals surface area contributed by atoms with Gasteiger partial charge in [-0.15, -0.1) is 0 Å². The van der Waals surface area contributed by atoms with Crippen molar-refractivity contribution in [3.63, 3.8) is 0 Å². The summed E-state index contributed by atoms with van der Waals surface area (Å²) in [5.41, 5.74) is 0.0443. The number of aliphatic hydroxyl groups excluding tert-OH is 1.